The number of pyridine rings is 1. The quantitative estimate of drug-likeness (QED) is 0.722. The average molecular weight is 440 g/mol. The molecule has 31 heavy (non-hydrogen) atoms. The van der Waals surface area contributed by atoms with Crippen LogP contribution in [-0.2, 0) is 17.9 Å². The fraction of sp³-hybridized carbons (Fsp3) is 0.520. The molecule has 1 aromatic heterocycles. The van der Waals surface area contributed by atoms with Gasteiger partial charge in [-0.1, -0.05) is 23.7 Å². The van der Waals surface area contributed by atoms with Crippen LogP contribution in [0.25, 0.3) is 11.1 Å². The van der Waals surface area contributed by atoms with Crippen molar-refractivity contribution in [2.75, 3.05) is 19.6 Å². The smallest absolute Gasteiger partial charge is 0.251 e. The maximum Gasteiger partial charge on any atom is 0.251 e. The van der Waals surface area contributed by atoms with E-state index < -0.39 is 0 Å². The van der Waals surface area contributed by atoms with E-state index in [0.717, 1.165) is 53.5 Å². The molecule has 4 heterocycles. The van der Waals surface area contributed by atoms with E-state index in [1.54, 1.807) is 13.0 Å². The summed E-state index contributed by atoms with van der Waals surface area (Å²) in [5.74, 6) is 0.701. The second kappa shape index (κ2) is 8.10. The number of carbonyl (C=O) groups excluding carboxylic acids is 1. The van der Waals surface area contributed by atoms with E-state index in [-0.39, 0.29) is 17.4 Å². The third-order valence-corrected chi connectivity index (χ3v) is 7.80. The van der Waals surface area contributed by atoms with Gasteiger partial charge in [0.25, 0.3) is 5.56 Å². The summed E-state index contributed by atoms with van der Waals surface area (Å²) >= 11 is 6.67. The molecule has 2 fully saturated rings. The Morgan fingerprint density at radius 3 is 2.68 bits per heavy atom. The Morgan fingerprint density at radius 1 is 1.13 bits per heavy atom. The van der Waals surface area contributed by atoms with Crippen LogP contribution < -0.4 is 5.56 Å². The fourth-order valence-electron chi connectivity index (χ4n) is 5.68. The van der Waals surface area contributed by atoms with Gasteiger partial charge in [-0.05, 0) is 67.5 Å². The van der Waals surface area contributed by atoms with Crippen molar-refractivity contribution in [3.8, 4) is 11.1 Å². The van der Waals surface area contributed by atoms with E-state index in [2.05, 4.69) is 30.0 Å². The van der Waals surface area contributed by atoms with Gasteiger partial charge in [-0.2, -0.15) is 0 Å². The lowest BCUT2D eigenvalue weighted by Gasteiger charge is -2.42. The van der Waals surface area contributed by atoms with Crippen LogP contribution in [0.2, 0.25) is 5.02 Å². The predicted octanol–water partition coefficient (Wildman–Crippen LogP) is 4.12. The molecule has 5 rings (SSSR count). The maximum atomic E-state index is 13.0. The number of likely N-dealkylation sites (tertiary alicyclic amines) is 2. The van der Waals surface area contributed by atoms with Gasteiger partial charge in [0.15, 0.2) is 0 Å². The number of fused-ring (bicyclic) bond motifs is 4. The van der Waals surface area contributed by atoms with Crippen molar-refractivity contribution in [1.29, 1.82) is 0 Å². The Bertz CT molecular complexity index is 1080. The summed E-state index contributed by atoms with van der Waals surface area (Å²) in [6.07, 6.45) is 3.54. The minimum atomic E-state index is 0.0459. The van der Waals surface area contributed by atoms with Crippen molar-refractivity contribution in [3.63, 3.8) is 0 Å². The Labute approximate surface area is 188 Å². The largest absolute Gasteiger partial charge is 0.342 e. The Hall–Kier alpha value is -2.11. The SMILES string of the molecule is CC(=O)N1C[C@@H]2C[C@H](C1)c1cc(-c3ccc(CN4CCC[C@H]4C)c(Cl)c3)cc(=O)n1C2. The lowest BCUT2D eigenvalue weighted by Crippen LogP contribution is -2.48. The first-order valence-corrected chi connectivity index (χ1v) is 11.8. The predicted molar refractivity (Wildman–Crippen MR) is 123 cm³/mol. The summed E-state index contributed by atoms with van der Waals surface area (Å²) in [6.45, 7) is 8.06. The zero-order chi connectivity index (χ0) is 21.7. The van der Waals surface area contributed by atoms with E-state index in [0.29, 0.717) is 25.0 Å². The molecule has 3 atom stereocenters. The second-order valence-electron chi connectivity index (χ2n) is 9.61. The summed E-state index contributed by atoms with van der Waals surface area (Å²) in [6, 6.07) is 10.7. The van der Waals surface area contributed by atoms with Gasteiger partial charge in [-0.25, -0.2) is 0 Å². The first kappa shape index (κ1) is 20.8. The van der Waals surface area contributed by atoms with Crippen LogP contribution >= 0.6 is 11.6 Å². The lowest BCUT2D eigenvalue weighted by molar-refractivity contribution is -0.131. The number of aromatic nitrogens is 1. The molecule has 0 unspecified atom stereocenters. The zero-order valence-corrected chi connectivity index (χ0v) is 19.1. The molecule has 3 aliphatic heterocycles. The number of benzene rings is 1. The third-order valence-electron chi connectivity index (χ3n) is 7.45. The molecule has 0 radical (unpaired) electrons. The lowest BCUT2D eigenvalue weighted by atomic mass is 9.82. The second-order valence-corrected chi connectivity index (χ2v) is 10.0. The number of halogens is 1. The van der Waals surface area contributed by atoms with Crippen molar-refractivity contribution in [2.45, 2.75) is 58.2 Å². The fourth-order valence-corrected chi connectivity index (χ4v) is 5.92. The molecule has 1 amide bonds. The van der Waals surface area contributed by atoms with Crippen molar-refractivity contribution in [2.24, 2.45) is 5.92 Å². The van der Waals surface area contributed by atoms with Gasteiger partial charge in [0.1, 0.15) is 0 Å². The van der Waals surface area contributed by atoms with Crippen molar-refractivity contribution in [3.05, 3.63) is 57.0 Å². The Balaban J connectivity index is 1.45. The highest BCUT2D eigenvalue weighted by Crippen LogP contribution is 2.37. The van der Waals surface area contributed by atoms with Crippen LogP contribution in [0, 0.1) is 5.92 Å². The van der Waals surface area contributed by atoms with E-state index in [4.69, 9.17) is 11.6 Å². The molecule has 5 nitrogen and oxygen atoms in total. The van der Waals surface area contributed by atoms with Gasteiger partial charge in [0.05, 0.1) is 0 Å². The third kappa shape index (κ3) is 3.94. The number of nitrogens with zero attached hydrogens (tertiary/aromatic N) is 3. The van der Waals surface area contributed by atoms with Crippen LogP contribution in [0.15, 0.2) is 35.1 Å². The minimum Gasteiger partial charge on any atom is -0.342 e. The summed E-state index contributed by atoms with van der Waals surface area (Å²) in [5.41, 5.74) is 4.13. The van der Waals surface area contributed by atoms with E-state index in [1.807, 2.05) is 15.5 Å². The molecular formula is C25H30ClN3O2. The summed E-state index contributed by atoms with van der Waals surface area (Å²) in [7, 11) is 0. The van der Waals surface area contributed by atoms with Crippen molar-refractivity contribution < 1.29 is 4.79 Å². The number of rotatable bonds is 3. The molecule has 0 saturated carbocycles. The van der Waals surface area contributed by atoms with Crippen LogP contribution in [0.3, 0.4) is 0 Å². The van der Waals surface area contributed by atoms with Gasteiger partial charge in [0, 0.05) is 61.8 Å². The molecule has 0 N–H and O–H groups in total. The Morgan fingerprint density at radius 2 is 1.97 bits per heavy atom. The number of amides is 1. The first-order valence-electron chi connectivity index (χ1n) is 11.4. The van der Waals surface area contributed by atoms with Crippen molar-refractivity contribution >= 4 is 17.5 Å². The van der Waals surface area contributed by atoms with E-state index in [1.165, 1.54) is 12.8 Å². The van der Waals surface area contributed by atoms with E-state index in [9.17, 15) is 9.59 Å². The first-order chi connectivity index (χ1) is 14.9. The summed E-state index contributed by atoms with van der Waals surface area (Å²) in [5, 5.41) is 0.759. The highest BCUT2D eigenvalue weighted by atomic mass is 35.5. The summed E-state index contributed by atoms with van der Waals surface area (Å²) < 4.78 is 1.92. The molecular weight excluding hydrogens is 410 g/mol. The number of hydrogen-bond donors (Lipinski definition) is 0. The van der Waals surface area contributed by atoms with E-state index >= 15 is 0 Å². The molecule has 164 valence electrons. The maximum absolute atomic E-state index is 13.0. The van der Waals surface area contributed by atoms with Crippen LogP contribution in [0.5, 0.6) is 0 Å². The van der Waals surface area contributed by atoms with Crippen LogP contribution in [-0.4, -0.2) is 46.0 Å². The number of carbonyl (C=O) groups is 1. The highest BCUT2D eigenvalue weighted by Gasteiger charge is 2.35. The molecule has 0 aliphatic carbocycles. The molecule has 2 saturated heterocycles. The van der Waals surface area contributed by atoms with Crippen molar-refractivity contribution in [1.82, 2.24) is 14.4 Å². The molecule has 3 aliphatic rings. The normalized spacial score (nSPS) is 25.5. The molecule has 2 bridgehead atoms. The molecule has 2 aromatic rings. The van der Waals surface area contributed by atoms with Gasteiger partial charge in [-0.3, -0.25) is 14.5 Å². The topological polar surface area (TPSA) is 45.6 Å². The summed E-state index contributed by atoms with van der Waals surface area (Å²) in [4.78, 5) is 29.3. The highest BCUT2D eigenvalue weighted by molar-refractivity contribution is 6.31. The van der Waals surface area contributed by atoms with Crippen LogP contribution in [0.4, 0.5) is 0 Å². The standard InChI is InChI=1S/C25H30ClN3O2/c1-16-4-3-7-27(16)14-20-6-5-19(9-23(20)26)21-10-24-22-8-18(12-28(15-22)17(2)30)13-29(24)25(31)11-21/h5-6,9-11,16,18,22H,3-4,7-8,12-15H2,1-2H3/t16-,18+,22-/m1/s1. The number of piperidine rings is 1. The van der Waals surface area contributed by atoms with Gasteiger partial charge in [-0.15, -0.1) is 0 Å². The zero-order valence-electron chi connectivity index (χ0n) is 18.3. The van der Waals surface area contributed by atoms with Gasteiger partial charge in [0.2, 0.25) is 5.91 Å². The monoisotopic (exact) mass is 439 g/mol. The average Bonchev–Trinajstić information content (AvgIpc) is 3.14. The number of hydrogen-bond acceptors (Lipinski definition) is 3. The van der Waals surface area contributed by atoms with Gasteiger partial charge < -0.3 is 9.47 Å². The Kier molecular flexibility index (Phi) is 5.43. The molecule has 0 spiro atoms. The molecule has 6 heteroatoms. The molecule has 1 aromatic carbocycles. The van der Waals surface area contributed by atoms with Gasteiger partial charge >= 0.3 is 0 Å². The van der Waals surface area contributed by atoms with Crippen LogP contribution in [0.1, 0.15) is 50.3 Å². The minimum absolute atomic E-state index is 0.0459.